The lowest BCUT2D eigenvalue weighted by atomic mass is 10.1. The highest BCUT2D eigenvalue weighted by Crippen LogP contribution is 2.33. The fourth-order valence-corrected chi connectivity index (χ4v) is 2.13. The Morgan fingerprint density at radius 3 is 2.06 bits per heavy atom. The van der Waals surface area contributed by atoms with E-state index in [-0.39, 0.29) is 0 Å². The largest absolute Gasteiger partial charge is 0.416 e. The molecular formula is C11H8F3NS. The third-order valence-electron chi connectivity index (χ3n) is 2.22. The van der Waals surface area contributed by atoms with Gasteiger partial charge in [-0.15, -0.1) is 11.3 Å². The quantitative estimate of drug-likeness (QED) is 0.804. The van der Waals surface area contributed by atoms with Crippen molar-refractivity contribution in [2.24, 2.45) is 0 Å². The lowest BCUT2D eigenvalue weighted by molar-refractivity contribution is -0.137. The Morgan fingerprint density at radius 1 is 1.00 bits per heavy atom. The Bertz CT molecular complexity index is 485. The van der Waals surface area contributed by atoms with Crippen LogP contribution in [-0.2, 0) is 6.18 Å². The van der Waals surface area contributed by atoms with Crippen LogP contribution in [0.1, 0.15) is 5.56 Å². The van der Waals surface area contributed by atoms with Gasteiger partial charge in [-0.3, -0.25) is 0 Å². The fourth-order valence-electron chi connectivity index (χ4n) is 1.38. The van der Waals surface area contributed by atoms with Crippen molar-refractivity contribution in [2.75, 3.05) is 5.73 Å². The number of nitrogens with two attached hydrogens (primary N) is 1. The van der Waals surface area contributed by atoms with Gasteiger partial charge in [0.15, 0.2) is 0 Å². The molecule has 0 fully saturated rings. The lowest BCUT2D eigenvalue weighted by Crippen LogP contribution is -2.04. The number of hydrogen-bond donors (Lipinski definition) is 1. The molecule has 0 bridgehead atoms. The van der Waals surface area contributed by atoms with Crippen molar-refractivity contribution in [3.63, 3.8) is 0 Å². The third kappa shape index (κ3) is 2.04. The Balaban J connectivity index is 2.37. The molecule has 1 nitrogen and oxygen atoms in total. The van der Waals surface area contributed by atoms with E-state index in [0.717, 1.165) is 17.7 Å². The van der Waals surface area contributed by atoms with Gasteiger partial charge in [0, 0.05) is 16.3 Å². The molecule has 16 heavy (non-hydrogen) atoms. The molecule has 0 atom stereocenters. The van der Waals surface area contributed by atoms with E-state index in [1.54, 1.807) is 5.38 Å². The first-order chi connectivity index (χ1) is 7.48. The number of thiophene rings is 1. The summed E-state index contributed by atoms with van der Waals surface area (Å²) in [6, 6.07) is 4.99. The molecule has 0 aliphatic carbocycles. The number of nitrogen functional groups attached to an aromatic ring is 1. The summed E-state index contributed by atoms with van der Waals surface area (Å²) in [5, 5.41) is 3.57. The van der Waals surface area contributed by atoms with E-state index in [4.69, 9.17) is 5.73 Å². The van der Waals surface area contributed by atoms with Crippen molar-refractivity contribution >= 4 is 17.0 Å². The van der Waals surface area contributed by atoms with Gasteiger partial charge in [-0.05, 0) is 17.7 Å². The van der Waals surface area contributed by atoms with Crippen LogP contribution >= 0.6 is 11.3 Å². The van der Waals surface area contributed by atoms with Crippen molar-refractivity contribution in [2.45, 2.75) is 6.18 Å². The van der Waals surface area contributed by atoms with Crippen LogP contribution in [0.3, 0.4) is 0 Å². The van der Waals surface area contributed by atoms with Gasteiger partial charge < -0.3 is 5.73 Å². The number of rotatable bonds is 1. The predicted molar refractivity (Wildman–Crippen MR) is 59.2 cm³/mol. The van der Waals surface area contributed by atoms with Crippen molar-refractivity contribution in [3.05, 3.63) is 40.6 Å². The molecule has 5 heteroatoms. The van der Waals surface area contributed by atoms with E-state index in [2.05, 4.69) is 0 Å². The second-order valence-electron chi connectivity index (χ2n) is 3.32. The van der Waals surface area contributed by atoms with Gasteiger partial charge in [-0.2, -0.15) is 13.2 Å². The first-order valence-electron chi connectivity index (χ1n) is 4.48. The average Bonchev–Trinajstić information content (AvgIpc) is 2.63. The molecule has 1 heterocycles. The summed E-state index contributed by atoms with van der Waals surface area (Å²) in [5.41, 5.74) is 7.10. The van der Waals surface area contributed by atoms with E-state index >= 15 is 0 Å². The molecule has 0 spiro atoms. The molecule has 0 aliphatic heterocycles. The minimum atomic E-state index is -4.29. The monoisotopic (exact) mass is 243 g/mol. The molecule has 0 unspecified atom stereocenters. The molecule has 2 aromatic rings. The molecule has 0 saturated carbocycles. The summed E-state index contributed by atoms with van der Waals surface area (Å²) < 4.78 is 37.0. The number of anilines is 1. The third-order valence-corrected chi connectivity index (χ3v) is 2.98. The van der Waals surface area contributed by atoms with Gasteiger partial charge in [0.05, 0.1) is 11.3 Å². The SMILES string of the molecule is Nc1cscc1-c1ccc(C(F)(F)F)cc1. The molecule has 84 valence electrons. The molecule has 0 saturated heterocycles. The smallest absolute Gasteiger partial charge is 0.398 e. The molecule has 2 N–H and O–H groups in total. The Hall–Kier alpha value is -1.49. The maximum Gasteiger partial charge on any atom is 0.416 e. The Morgan fingerprint density at radius 2 is 1.62 bits per heavy atom. The molecule has 1 aromatic carbocycles. The number of benzene rings is 1. The maximum absolute atomic E-state index is 12.3. The van der Waals surface area contributed by atoms with Gasteiger partial charge in [-0.1, -0.05) is 12.1 Å². The van der Waals surface area contributed by atoms with Crippen LogP contribution in [0.2, 0.25) is 0 Å². The highest BCUT2D eigenvalue weighted by atomic mass is 32.1. The molecule has 0 amide bonds. The van der Waals surface area contributed by atoms with Crippen molar-refractivity contribution in [1.29, 1.82) is 0 Å². The predicted octanol–water partition coefficient (Wildman–Crippen LogP) is 4.02. The van der Waals surface area contributed by atoms with E-state index in [0.29, 0.717) is 11.3 Å². The van der Waals surface area contributed by atoms with Crippen molar-refractivity contribution in [1.82, 2.24) is 0 Å². The number of hydrogen-bond acceptors (Lipinski definition) is 2. The Kier molecular flexibility index (Phi) is 2.63. The van der Waals surface area contributed by atoms with Gasteiger partial charge in [0.25, 0.3) is 0 Å². The fraction of sp³-hybridized carbons (Fsp3) is 0.0909. The molecule has 0 radical (unpaired) electrons. The average molecular weight is 243 g/mol. The van der Waals surface area contributed by atoms with E-state index in [9.17, 15) is 13.2 Å². The van der Waals surface area contributed by atoms with Crippen LogP contribution in [0, 0.1) is 0 Å². The summed E-state index contributed by atoms with van der Waals surface area (Å²) in [4.78, 5) is 0. The topological polar surface area (TPSA) is 26.0 Å². The zero-order valence-electron chi connectivity index (χ0n) is 8.08. The van der Waals surface area contributed by atoms with Gasteiger partial charge in [0.2, 0.25) is 0 Å². The van der Waals surface area contributed by atoms with Gasteiger partial charge in [0.1, 0.15) is 0 Å². The highest BCUT2D eigenvalue weighted by Gasteiger charge is 2.29. The summed E-state index contributed by atoms with van der Waals surface area (Å²) in [6.07, 6.45) is -4.29. The minimum absolute atomic E-state index is 0.588. The van der Waals surface area contributed by atoms with Gasteiger partial charge in [-0.25, -0.2) is 0 Å². The first kappa shape index (κ1) is 11.0. The second kappa shape index (κ2) is 3.83. The molecular weight excluding hydrogens is 235 g/mol. The summed E-state index contributed by atoms with van der Waals surface area (Å²) in [6.45, 7) is 0. The summed E-state index contributed by atoms with van der Waals surface area (Å²) >= 11 is 1.42. The van der Waals surface area contributed by atoms with E-state index in [1.807, 2.05) is 5.38 Å². The highest BCUT2D eigenvalue weighted by molar-refractivity contribution is 7.08. The minimum Gasteiger partial charge on any atom is -0.398 e. The van der Waals surface area contributed by atoms with Crippen LogP contribution < -0.4 is 5.73 Å². The standard InChI is InChI=1S/C11H8F3NS/c12-11(13,14)8-3-1-7(2-4-8)9-5-16-6-10(9)15/h1-6H,15H2. The van der Waals surface area contributed by atoms with Gasteiger partial charge >= 0.3 is 6.18 Å². The van der Waals surface area contributed by atoms with Crippen LogP contribution in [0.25, 0.3) is 11.1 Å². The van der Waals surface area contributed by atoms with E-state index < -0.39 is 11.7 Å². The first-order valence-corrected chi connectivity index (χ1v) is 5.42. The normalized spacial score (nSPS) is 11.7. The lowest BCUT2D eigenvalue weighted by Gasteiger charge is -2.07. The van der Waals surface area contributed by atoms with Crippen LogP contribution in [0.5, 0.6) is 0 Å². The second-order valence-corrected chi connectivity index (χ2v) is 4.06. The zero-order chi connectivity index (χ0) is 11.8. The molecule has 1 aromatic heterocycles. The molecule has 2 rings (SSSR count). The maximum atomic E-state index is 12.3. The molecule has 0 aliphatic rings. The van der Waals surface area contributed by atoms with E-state index in [1.165, 1.54) is 23.5 Å². The van der Waals surface area contributed by atoms with Crippen molar-refractivity contribution < 1.29 is 13.2 Å². The summed E-state index contributed by atoms with van der Waals surface area (Å²) in [7, 11) is 0. The Labute approximate surface area is 94.3 Å². The van der Waals surface area contributed by atoms with Crippen LogP contribution in [-0.4, -0.2) is 0 Å². The number of halogens is 3. The number of alkyl halides is 3. The van der Waals surface area contributed by atoms with Crippen LogP contribution in [0.4, 0.5) is 18.9 Å². The van der Waals surface area contributed by atoms with Crippen LogP contribution in [0.15, 0.2) is 35.0 Å². The summed E-state index contributed by atoms with van der Waals surface area (Å²) in [5.74, 6) is 0. The zero-order valence-corrected chi connectivity index (χ0v) is 8.90. The van der Waals surface area contributed by atoms with Crippen molar-refractivity contribution in [3.8, 4) is 11.1 Å².